The van der Waals surface area contributed by atoms with E-state index in [-0.39, 0.29) is 0 Å². The van der Waals surface area contributed by atoms with Crippen LogP contribution in [0.3, 0.4) is 0 Å². The molecular weight excluding hydrogens is 521 g/mol. The molecule has 1 nitrogen and oxygen atoms in total. The van der Waals surface area contributed by atoms with E-state index >= 15 is 0 Å². The maximum absolute atomic E-state index is 13.4. The van der Waals surface area contributed by atoms with Gasteiger partial charge in [-0.3, -0.25) is 4.74 Å². The van der Waals surface area contributed by atoms with E-state index in [0.717, 1.165) is 0 Å². The first-order chi connectivity index (χ1) is 13.5. The van der Waals surface area contributed by atoms with E-state index in [1.54, 1.807) is 0 Å². The number of ether oxygens (including phenoxy) is 1. The Kier molecular flexibility index (Phi) is 6.12. The van der Waals surface area contributed by atoms with Gasteiger partial charge in [0, 0.05) is 0 Å². The van der Waals surface area contributed by atoms with Gasteiger partial charge in [0.1, 0.15) is 0 Å². The van der Waals surface area contributed by atoms with Crippen LogP contribution in [0.25, 0.3) is 0 Å². The van der Waals surface area contributed by atoms with Crippen LogP contribution in [0.15, 0.2) is 0 Å². The van der Waals surface area contributed by atoms with Crippen LogP contribution < -0.4 is 0 Å². The molecule has 0 aliphatic carbocycles. The topological polar surface area (TPSA) is 12.5 Å². The first-order valence-corrected chi connectivity index (χ1v) is 7.27. The van der Waals surface area contributed by atoms with Gasteiger partial charge in [0.25, 0.3) is 0 Å². The Morgan fingerprint density at radius 3 is 1.19 bits per heavy atom. The molecule has 0 aromatic rings. The second-order valence-corrected chi connectivity index (χ2v) is 6.44. The zero-order valence-electron chi connectivity index (χ0n) is 14.2. The van der Waals surface area contributed by atoms with Crippen molar-refractivity contribution in [2.75, 3.05) is 0 Å². The van der Waals surface area contributed by atoms with Crippen LogP contribution in [0.2, 0.25) is 0 Å². The van der Waals surface area contributed by atoms with Crippen LogP contribution in [-0.2, 0) is 4.74 Å². The van der Waals surface area contributed by atoms with Crippen molar-refractivity contribution < 1.29 is 88.2 Å². The van der Waals surface area contributed by atoms with Crippen LogP contribution in [0.5, 0.6) is 0 Å². The summed E-state index contributed by atoms with van der Waals surface area (Å²) >= 11 is 0. The number of alkyl halides is 19. The highest BCUT2D eigenvalue weighted by Crippen LogP contribution is 2.69. The predicted molar refractivity (Wildman–Crippen MR) is 59.7 cm³/mol. The molecule has 0 saturated carbocycles. The first kappa shape index (κ1) is 28.7. The molecule has 0 radical (unpaired) electrons. The molecular formula is C12H5F19O. The lowest BCUT2D eigenvalue weighted by Crippen LogP contribution is -2.73. The molecule has 0 N–H and O–H groups in total. The fourth-order valence-electron chi connectivity index (χ4n) is 2.05. The second-order valence-electron chi connectivity index (χ2n) is 6.44. The average molecular weight is 526 g/mol. The molecule has 1 rings (SSSR count). The summed E-state index contributed by atoms with van der Waals surface area (Å²) in [5, 5.41) is 0. The Hall–Kier alpha value is -1.37. The monoisotopic (exact) mass is 526 g/mol. The van der Waals surface area contributed by atoms with E-state index < -0.39 is 72.7 Å². The third kappa shape index (κ3) is 3.28. The molecule has 192 valence electrons. The lowest BCUT2D eigenvalue weighted by molar-refractivity contribution is -0.440. The summed E-state index contributed by atoms with van der Waals surface area (Å²) in [6.45, 7) is -0.687. The Labute approximate surface area is 162 Å². The zero-order valence-corrected chi connectivity index (χ0v) is 14.2. The third-order valence-electron chi connectivity index (χ3n) is 4.30. The van der Waals surface area contributed by atoms with E-state index in [1.165, 1.54) is 0 Å². The largest absolute Gasteiger partial charge is 0.424 e. The summed E-state index contributed by atoms with van der Waals surface area (Å²) in [6, 6.07) is 0. The van der Waals surface area contributed by atoms with Gasteiger partial charge in [0.15, 0.2) is 6.17 Å². The molecule has 32 heavy (non-hydrogen) atoms. The number of hydrogen-bond acceptors (Lipinski definition) is 1. The Morgan fingerprint density at radius 2 is 0.906 bits per heavy atom. The number of epoxide rings is 1. The van der Waals surface area contributed by atoms with Crippen LogP contribution in [0, 0.1) is 5.92 Å². The predicted octanol–water partition coefficient (Wildman–Crippen LogP) is 6.62. The summed E-state index contributed by atoms with van der Waals surface area (Å²) in [5.41, 5.74) is 0. The highest BCUT2D eigenvalue weighted by Gasteiger charge is 3.00. The van der Waals surface area contributed by atoms with E-state index in [1.807, 2.05) is 0 Å². The van der Waals surface area contributed by atoms with Gasteiger partial charge in [-0.05, 0) is 0 Å². The van der Waals surface area contributed by atoms with Crippen LogP contribution in [-0.4, -0.2) is 59.8 Å². The minimum absolute atomic E-state index is 0.687. The van der Waals surface area contributed by atoms with Crippen molar-refractivity contribution in [3.05, 3.63) is 0 Å². The van der Waals surface area contributed by atoms with Crippen LogP contribution >= 0.6 is 0 Å². The average Bonchev–Trinajstić information content (AvgIpc) is 3.11. The van der Waals surface area contributed by atoms with Gasteiger partial charge in [-0.15, -0.1) is 0 Å². The van der Waals surface area contributed by atoms with Gasteiger partial charge in [0.05, 0.1) is 5.92 Å². The van der Waals surface area contributed by atoms with Gasteiger partial charge in [0.2, 0.25) is 0 Å². The lowest BCUT2D eigenvalue weighted by atomic mass is 9.86. The van der Waals surface area contributed by atoms with Gasteiger partial charge in [-0.25, -0.2) is 4.39 Å². The quantitative estimate of drug-likeness (QED) is 0.256. The summed E-state index contributed by atoms with van der Waals surface area (Å²) < 4.78 is 250. The van der Waals surface area contributed by atoms with Crippen molar-refractivity contribution >= 4 is 0 Å². The maximum atomic E-state index is 13.4. The minimum atomic E-state index is -8.61. The molecule has 0 spiro atoms. The van der Waals surface area contributed by atoms with Crippen molar-refractivity contribution in [3.8, 4) is 0 Å². The van der Waals surface area contributed by atoms with Gasteiger partial charge in [-0.2, -0.15) is 79.0 Å². The Balaban J connectivity index is 3.57. The molecule has 1 fully saturated rings. The van der Waals surface area contributed by atoms with Crippen LogP contribution in [0.4, 0.5) is 83.4 Å². The van der Waals surface area contributed by atoms with E-state index in [2.05, 4.69) is 4.74 Å². The molecule has 1 heterocycles. The molecule has 0 aromatic heterocycles. The summed E-state index contributed by atoms with van der Waals surface area (Å²) in [5.74, 6) is -60.2. The van der Waals surface area contributed by atoms with Gasteiger partial charge < -0.3 is 0 Å². The highest BCUT2D eigenvalue weighted by molar-refractivity contribution is 5.19. The molecule has 20 heteroatoms. The first-order valence-electron chi connectivity index (χ1n) is 7.27. The molecule has 1 saturated heterocycles. The van der Waals surface area contributed by atoms with E-state index in [4.69, 9.17) is 0 Å². The van der Waals surface area contributed by atoms with Gasteiger partial charge >= 0.3 is 53.7 Å². The molecule has 0 bridgehead atoms. The molecule has 0 amide bonds. The Bertz CT molecular complexity index is 722. The fourth-order valence-corrected chi connectivity index (χ4v) is 2.05. The second kappa shape index (κ2) is 6.83. The zero-order chi connectivity index (χ0) is 26.4. The van der Waals surface area contributed by atoms with Crippen molar-refractivity contribution in [2.45, 2.75) is 66.8 Å². The molecule has 1 aliphatic heterocycles. The fraction of sp³-hybridized carbons (Fsp3) is 1.00. The normalized spacial score (nSPS) is 25.5. The van der Waals surface area contributed by atoms with Crippen molar-refractivity contribution in [1.82, 2.24) is 0 Å². The molecule has 3 unspecified atom stereocenters. The van der Waals surface area contributed by atoms with Crippen molar-refractivity contribution in [2.24, 2.45) is 5.92 Å². The molecule has 0 aromatic carbocycles. The summed E-state index contributed by atoms with van der Waals surface area (Å²) in [7, 11) is 0. The Morgan fingerprint density at radius 1 is 0.594 bits per heavy atom. The number of hydrogen-bond donors (Lipinski definition) is 0. The minimum Gasteiger partial charge on any atom is -0.265 e. The maximum Gasteiger partial charge on any atom is 0.424 e. The van der Waals surface area contributed by atoms with Gasteiger partial charge in [-0.1, -0.05) is 6.92 Å². The number of halogens is 19. The lowest BCUT2D eigenvalue weighted by Gasteiger charge is -2.42. The van der Waals surface area contributed by atoms with Crippen molar-refractivity contribution in [3.63, 3.8) is 0 Å². The van der Waals surface area contributed by atoms with E-state index in [0.29, 0.717) is 0 Å². The standard InChI is InChI=1S/C12H5F19O/c1-2(5(16,17)18)3(13)4(14,15)6(19,20)7(21,22)8(23,24)9(25,26)10(27,28)11(29)12(30,31)32-11/h2-3H,1H3. The SMILES string of the molecule is CC(C(F)C(F)(F)C(F)(F)C(F)(F)C(F)(F)C(F)(F)C(F)(F)C1(F)OC1(F)F)C(F)(F)F. The molecule has 1 aliphatic rings. The van der Waals surface area contributed by atoms with E-state index in [9.17, 15) is 83.4 Å². The molecule has 3 atom stereocenters. The summed E-state index contributed by atoms with van der Waals surface area (Å²) in [4.78, 5) is 0. The smallest absolute Gasteiger partial charge is 0.265 e. The highest BCUT2D eigenvalue weighted by atomic mass is 19.4. The van der Waals surface area contributed by atoms with Crippen molar-refractivity contribution in [1.29, 1.82) is 0 Å². The third-order valence-corrected chi connectivity index (χ3v) is 4.30. The number of rotatable bonds is 8. The van der Waals surface area contributed by atoms with Crippen LogP contribution in [0.1, 0.15) is 6.92 Å². The summed E-state index contributed by atoms with van der Waals surface area (Å²) in [6.07, 6.45) is -17.8.